The summed E-state index contributed by atoms with van der Waals surface area (Å²) in [6, 6.07) is 5.94. The van der Waals surface area contributed by atoms with Gasteiger partial charge in [-0.05, 0) is 35.1 Å². The molecule has 0 amide bonds. The number of aromatic nitrogens is 3. The number of aryl methyl sites for hydroxylation is 1. The third-order valence-corrected chi connectivity index (χ3v) is 3.59. The summed E-state index contributed by atoms with van der Waals surface area (Å²) in [5.41, 5.74) is 7.65. The van der Waals surface area contributed by atoms with Crippen LogP contribution < -0.4 is 11.6 Å². The van der Waals surface area contributed by atoms with Crippen molar-refractivity contribution >= 4 is 28.5 Å². The highest BCUT2D eigenvalue weighted by Crippen LogP contribution is 2.25. The molecule has 0 aliphatic carbocycles. The van der Waals surface area contributed by atoms with Gasteiger partial charge in [-0.25, -0.2) is 4.68 Å². The van der Waals surface area contributed by atoms with Crippen LogP contribution in [0.25, 0.3) is 11.4 Å². The van der Waals surface area contributed by atoms with Crippen LogP contribution in [-0.2, 0) is 0 Å². The number of benzene rings is 1. The molecule has 0 aliphatic rings. The summed E-state index contributed by atoms with van der Waals surface area (Å²) in [7, 11) is 0. The Balaban J connectivity index is 2.64. The number of nitrogens with two attached hydrogens (primary N) is 2. The lowest BCUT2D eigenvalue weighted by Gasteiger charge is -2.05. The van der Waals surface area contributed by atoms with Crippen molar-refractivity contribution in [3.05, 3.63) is 27.3 Å². The van der Waals surface area contributed by atoms with E-state index in [2.05, 4.69) is 32.8 Å². The predicted octanol–water partition coefficient (Wildman–Crippen LogP) is 1.15. The second-order valence-corrected chi connectivity index (χ2v) is 4.27. The van der Waals surface area contributed by atoms with Gasteiger partial charge in [0.05, 0.1) is 0 Å². The van der Waals surface area contributed by atoms with Crippen molar-refractivity contribution in [2.24, 2.45) is 0 Å². The molecule has 1 aromatic carbocycles. The maximum Gasteiger partial charge on any atom is 0.241 e. The number of anilines is 1. The minimum Gasteiger partial charge on any atom is -0.366 e. The number of nitrogens with zero attached hydrogens (tertiary/aromatic N) is 3. The maximum absolute atomic E-state index is 5.72. The highest BCUT2D eigenvalue weighted by Gasteiger charge is 2.12. The number of nitrogen functional groups attached to an aromatic ring is 2. The van der Waals surface area contributed by atoms with Gasteiger partial charge in [-0.2, -0.15) is 0 Å². The lowest BCUT2D eigenvalue weighted by atomic mass is 10.1. The highest BCUT2D eigenvalue weighted by molar-refractivity contribution is 14.1. The molecule has 0 saturated heterocycles. The summed E-state index contributed by atoms with van der Waals surface area (Å²) in [5, 5.41) is 7.67. The molecule has 0 unspecified atom stereocenters. The lowest BCUT2D eigenvalue weighted by Crippen LogP contribution is -2.13. The second kappa shape index (κ2) is 3.69. The zero-order chi connectivity index (χ0) is 11.0. The second-order valence-electron chi connectivity index (χ2n) is 3.19. The van der Waals surface area contributed by atoms with Crippen molar-refractivity contribution in [3.8, 4) is 11.4 Å². The molecule has 2 rings (SSSR count). The molecular formula is C9H10IN5. The van der Waals surface area contributed by atoms with Crippen molar-refractivity contribution in [1.29, 1.82) is 0 Å². The van der Waals surface area contributed by atoms with E-state index >= 15 is 0 Å². The van der Waals surface area contributed by atoms with Crippen molar-refractivity contribution in [2.45, 2.75) is 6.92 Å². The Hall–Kier alpha value is -1.31. The average Bonchev–Trinajstić information content (AvgIpc) is 2.53. The largest absolute Gasteiger partial charge is 0.366 e. The predicted molar refractivity (Wildman–Crippen MR) is 67.5 cm³/mol. The molecule has 15 heavy (non-hydrogen) atoms. The van der Waals surface area contributed by atoms with Crippen molar-refractivity contribution < 1.29 is 0 Å². The van der Waals surface area contributed by atoms with E-state index in [1.807, 2.05) is 25.1 Å². The van der Waals surface area contributed by atoms with E-state index in [1.54, 1.807) is 0 Å². The SMILES string of the molecule is Cc1cccc(-c2nnc(N)n2N)c1I. The van der Waals surface area contributed by atoms with Gasteiger partial charge in [-0.3, -0.25) is 0 Å². The summed E-state index contributed by atoms with van der Waals surface area (Å²) in [6.45, 7) is 2.03. The average molecular weight is 315 g/mol. The molecule has 0 radical (unpaired) electrons. The summed E-state index contributed by atoms with van der Waals surface area (Å²) in [6.07, 6.45) is 0. The third kappa shape index (κ3) is 1.65. The molecule has 0 saturated carbocycles. The first kappa shape index (κ1) is 10.2. The number of rotatable bonds is 1. The molecule has 1 heterocycles. The number of hydrogen-bond donors (Lipinski definition) is 2. The third-order valence-electron chi connectivity index (χ3n) is 2.15. The fourth-order valence-corrected chi connectivity index (χ4v) is 1.91. The van der Waals surface area contributed by atoms with E-state index in [9.17, 15) is 0 Å². The Morgan fingerprint density at radius 2 is 2.07 bits per heavy atom. The fourth-order valence-electron chi connectivity index (χ4n) is 1.31. The van der Waals surface area contributed by atoms with E-state index in [4.69, 9.17) is 11.6 Å². The lowest BCUT2D eigenvalue weighted by molar-refractivity contribution is 1.02. The maximum atomic E-state index is 5.72. The van der Waals surface area contributed by atoms with Crippen molar-refractivity contribution in [1.82, 2.24) is 14.9 Å². The van der Waals surface area contributed by atoms with Crippen LogP contribution >= 0.6 is 22.6 Å². The summed E-state index contributed by atoms with van der Waals surface area (Å²) >= 11 is 2.26. The van der Waals surface area contributed by atoms with Gasteiger partial charge in [0.15, 0.2) is 5.82 Å². The first-order valence-electron chi connectivity index (χ1n) is 4.32. The molecule has 0 spiro atoms. The quantitative estimate of drug-likeness (QED) is 0.611. The van der Waals surface area contributed by atoms with Gasteiger partial charge in [0, 0.05) is 9.13 Å². The zero-order valence-corrected chi connectivity index (χ0v) is 10.3. The molecule has 2 aromatic rings. The monoisotopic (exact) mass is 315 g/mol. The molecule has 4 N–H and O–H groups in total. The Bertz CT molecular complexity index is 505. The molecule has 1 aromatic heterocycles. The van der Waals surface area contributed by atoms with Crippen LogP contribution in [-0.4, -0.2) is 14.9 Å². The van der Waals surface area contributed by atoms with Crippen molar-refractivity contribution in [2.75, 3.05) is 11.6 Å². The Kier molecular flexibility index (Phi) is 2.51. The van der Waals surface area contributed by atoms with Gasteiger partial charge in [-0.15, -0.1) is 10.2 Å². The topological polar surface area (TPSA) is 82.8 Å². The van der Waals surface area contributed by atoms with Crippen LogP contribution in [0.1, 0.15) is 5.56 Å². The molecule has 0 fully saturated rings. The van der Waals surface area contributed by atoms with Crippen LogP contribution in [0.3, 0.4) is 0 Å². The van der Waals surface area contributed by atoms with Crippen LogP contribution in [0.5, 0.6) is 0 Å². The van der Waals surface area contributed by atoms with E-state index in [0.29, 0.717) is 5.82 Å². The zero-order valence-electron chi connectivity index (χ0n) is 8.11. The minimum atomic E-state index is 0.210. The van der Waals surface area contributed by atoms with Gasteiger partial charge in [-0.1, -0.05) is 18.2 Å². The first-order chi connectivity index (χ1) is 7.11. The van der Waals surface area contributed by atoms with Crippen molar-refractivity contribution in [3.63, 3.8) is 0 Å². The highest BCUT2D eigenvalue weighted by atomic mass is 127. The normalized spacial score (nSPS) is 10.5. The van der Waals surface area contributed by atoms with Gasteiger partial charge in [0.25, 0.3) is 0 Å². The molecule has 6 heteroatoms. The van der Waals surface area contributed by atoms with Crippen LogP contribution in [0.4, 0.5) is 5.95 Å². The standard InChI is InChI=1S/C9H10IN5/c1-5-3-2-4-6(7(5)10)8-13-14-9(11)15(8)12/h2-4H,12H2,1H3,(H2,11,14). The van der Waals surface area contributed by atoms with Crippen LogP contribution in [0, 0.1) is 10.5 Å². The summed E-state index contributed by atoms with van der Waals surface area (Å²) in [4.78, 5) is 0. The number of halogens is 1. The summed E-state index contributed by atoms with van der Waals surface area (Å²) in [5.74, 6) is 6.51. The van der Waals surface area contributed by atoms with Gasteiger partial charge in [0.2, 0.25) is 5.95 Å². The van der Waals surface area contributed by atoms with Crippen LogP contribution in [0.2, 0.25) is 0 Å². The molecule has 78 valence electrons. The molecular weight excluding hydrogens is 305 g/mol. The fraction of sp³-hybridized carbons (Fsp3) is 0.111. The molecule has 5 nitrogen and oxygen atoms in total. The van der Waals surface area contributed by atoms with Gasteiger partial charge < -0.3 is 11.6 Å². The molecule has 0 atom stereocenters. The first-order valence-corrected chi connectivity index (χ1v) is 5.40. The van der Waals surface area contributed by atoms with E-state index in [1.165, 1.54) is 10.2 Å². The molecule has 0 bridgehead atoms. The summed E-state index contributed by atoms with van der Waals surface area (Å²) < 4.78 is 2.39. The van der Waals surface area contributed by atoms with Gasteiger partial charge >= 0.3 is 0 Å². The van der Waals surface area contributed by atoms with E-state index in [0.717, 1.165) is 9.13 Å². The van der Waals surface area contributed by atoms with E-state index in [-0.39, 0.29) is 5.95 Å². The Labute approximate surface area is 101 Å². The van der Waals surface area contributed by atoms with Crippen LogP contribution in [0.15, 0.2) is 18.2 Å². The Morgan fingerprint density at radius 3 is 2.67 bits per heavy atom. The van der Waals surface area contributed by atoms with Gasteiger partial charge in [0.1, 0.15) is 0 Å². The number of hydrogen-bond acceptors (Lipinski definition) is 4. The smallest absolute Gasteiger partial charge is 0.241 e. The molecule has 0 aliphatic heterocycles. The van der Waals surface area contributed by atoms with E-state index < -0.39 is 0 Å². The Morgan fingerprint density at radius 1 is 1.33 bits per heavy atom. The minimum absolute atomic E-state index is 0.210.